The molecule has 1 aliphatic rings. The highest BCUT2D eigenvalue weighted by atomic mass is 79.9. The Kier molecular flexibility index (Phi) is 4.84. The minimum absolute atomic E-state index is 0.683. The normalized spacial score (nSPS) is 23.8. The number of aryl methyl sites for hydroxylation is 2. The maximum absolute atomic E-state index is 4.69. The van der Waals surface area contributed by atoms with E-state index in [1.54, 1.807) is 0 Å². The average Bonchev–Trinajstić information content (AvgIpc) is 2.95. The molecule has 102 valence electrons. The second kappa shape index (κ2) is 6.20. The molecule has 0 bridgehead atoms. The van der Waals surface area contributed by atoms with Crippen LogP contribution in [0.15, 0.2) is 4.47 Å². The Morgan fingerprint density at radius 2 is 2.17 bits per heavy atom. The first kappa shape index (κ1) is 14.1. The van der Waals surface area contributed by atoms with E-state index in [0.717, 1.165) is 25.3 Å². The van der Waals surface area contributed by atoms with Crippen molar-refractivity contribution in [2.75, 3.05) is 7.05 Å². The summed E-state index contributed by atoms with van der Waals surface area (Å²) >= 11 is 3.75. The molecule has 0 saturated heterocycles. The van der Waals surface area contributed by atoms with Crippen LogP contribution >= 0.6 is 15.9 Å². The summed E-state index contributed by atoms with van der Waals surface area (Å²) in [6, 6.07) is 0.683. The Hall–Kier alpha value is -0.350. The summed E-state index contributed by atoms with van der Waals surface area (Å²) in [4.78, 5) is 0. The fourth-order valence-corrected chi connectivity index (χ4v) is 3.85. The van der Waals surface area contributed by atoms with Gasteiger partial charge in [0, 0.05) is 12.6 Å². The van der Waals surface area contributed by atoms with E-state index in [1.165, 1.54) is 35.1 Å². The number of rotatable bonds is 5. The first-order valence-electron chi connectivity index (χ1n) is 7.12. The van der Waals surface area contributed by atoms with E-state index in [9.17, 15) is 0 Å². The van der Waals surface area contributed by atoms with Crippen molar-refractivity contribution >= 4 is 15.9 Å². The predicted molar refractivity (Wildman–Crippen MR) is 78.9 cm³/mol. The Morgan fingerprint density at radius 3 is 2.78 bits per heavy atom. The standard InChI is InChI=1S/C14H24BrN3/c1-4-11-14(15)13(18(5-2)17-11)9-10-7-6-8-12(10)16-3/h10,12,16H,4-9H2,1-3H3. The average molecular weight is 314 g/mol. The van der Waals surface area contributed by atoms with E-state index in [-0.39, 0.29) is 0 Å². The third kappa shape index (κ3) is 2.64. The SMILES string of the molecule is CCc1nn(CC)c(CC2CCCC2NC)c1Br. The molecule has 1 saturated carbocycles. The second-order valence-corrected chi connectivity index (χ2v) is 5.96. The molecule has 1 aliphatic carbocycles. The minimum atomic E-state index is 0.683. The van der Waals surface area contributed by atoms with Crippen LogP contribution in [0.25, 0.3) is 0 Å². The minimum Gasteiger partial charge on any atom is -0.317 e. The molecule has 1 heterocycles. The highest BCUT2D eigenvalue weighted by Crippen LogP contribution is 2.32. The van der Waals surface area contributed by atoms with Gasteiger partial charge in [-0.1, -0.05) is 13.3 Å². The van der Waals surface area contributed by atoms with Gasteiger partial charge in [0.15, 0.2) is 0 Å². The number of hydrogen-bond donors (Lipinski definition) is 1. The molecular formula is C14H24BrN3. The van der Waals surface area contributed by atoms with Crippen LogP contribution in [0, 0.1) is 5.92 Å². The molecule has 0 spiro atoms. The molecule has 3 nitrogen and oxygen atoms in total. The molecule has 2 rings (SSSR count). The molecule has 1 aromatic rings. The maximum Gasteiger partial charge on any atom is 0.0766 e. The molecule has 1 fully saturated rings. The summed E-state index contributed by atoms with van der Waals surface area (Å²) in [6.45, 7) is 5.31. The van der Waals surface area contributed by atoms with Crippen LogP contribution in [0.1, 0.15) is 44.5 Å². The highest BCUT2D eigenvalue weighted by Gasteiger charge is 2.28. The van der Waals surface area contributed by atoms with Crippen LogP contribution in [0.3, 0.4) is 0 Å². The maximum atomic E-state index is 4.69. The first-order valence-corrected chi connectivity index (χ1v) is 7.91. The fraction of sp³-hybridized carbons (Fsp3) is 0.786. The third-order valence-electron chi connectivity index (χ3n) is 4.18. The van der Waals surface area contributed by atoms with Gasteiger partial charge in [-0.15, -0.1) is 0 Å². The summed E-state index contributed by atoms with van der Waals surface area (Å²) < 4.78 is 3.42. The molecule has 1 aromatic heterocycles. The zero-order valence-electron chi connectivity index (χ0n) is 11.7. The summed E-state index contributed by atoms with van der Waals surface area (Å²) in [6.07, 6.45) is 6.16. The number of nitrogens with zero attached hydrogens (tertiary/aromatic N) is 2. The van der Waals surface area contributed by atoms with Crippen LogP contribution in [-0.2, 0) is 19.4 Å². The lowest BCUT2D eigenvalue weighted by atomic mass is 9.97. The van der Waals surface area contributed by atoms with Gasteiger partial charge in [0.1, 0.15) is 0 Å². The largest absolute Gasteiger partial charge is 0.317 e. The van der Waals surface area contributed by atoms with Gasteiger partial charge in [-0.3, -0.25) is 4.68 Å². The lowest BCUT2D eigenvalue weighted by Crippen LogP contribution is -2.30. The topological polar surface area (TPSA) is 29.9 Å². The Morgan fingerprint density at radius 1 is 1.39 bits per heavy atom. The van der Waals surface area contributed by atoms with Gasteiger partial charge in [-0.05, 0) is 61.5 Å². The molecule has 0 aliphatic heterocycles. The summed E-state index contributed by atoms with van der Waals surface area (Å²) in [7, 11) is 2.09. The smallest absolute Gasteiger partial charge is 0.0766 e. The first-order chi connectivity index (χ1) is 8.71. The highest BCUT2D eigenvalue weighted by molar-refractivity contribution is 9.10. The van der Waals surface area contributed by atoms with Gasteiger partial charge in [0.2, 0.25) is 0 Å². The quantitative estimate of drug-likeness (QED) is 0.905. The molecule has 0 amide bonds. The number of hydrogen-bond acceptors (Lipinski definition) is 2. The van der Waals surface area contributed by atoms with E-state index >= 15 is 0 Å². The lowest BCUT2D eigenvalue weighted by molar-refractivity contribution is 0.410. The monoisotopic (exact) mass is 313 g/mol. The van der Waals surface area contributed by atoms with Crippen molar-refractivity contribution in [1.29, 1.82) is 0 Å². The molecule has 0 radical (unpaired) electrons. The van der Waals surface area contributed by atoms with E-state index in [4.69, 9.17) is 0 Å². The van der Waals surface area contributed by atoms with Crippen LogP contribution in [0.2, 0.25) is 0 Å². The lowest BCUT2D eigenvalue weighted by Gasteiger charge is -2.19. The molecule has 2 unspecified atom stereocenters. The van der Waals surface area contributed by atoms with Crippen molar-refractivity contribution < 1.29 is 0 Å². The zero-order chi connectivity index (χ0) is 13.1. The van der Waals surface area contributed by atoms with Gasteiger partial charge in [-0.25, -0.2) is 0 Å². The molecule has 4 heteroatoms. The van der Waals surface area contributed by atoms with Gasteiger partial charge >= 0.3 is 0 Å². The Labute approximate surface area is 118 Å². The number of nitrogens with one attached hydrogen (secondary N) is 1. The predicted octanol–water partition coefficient (Wildman–Crippen LogP) is 3.16. The Bertz CT molecular complexity index is 400. The van der Waals surface area contributed by atoms with Gasteiger partial charge < -0.3 is 5.32 Å². The second-order valence-electron chi connectivity index (χ2n) is 5.17. The van der Waals surface area contributed by atoms with Crippen molar-refractivity contribution in [2.24, 2.45) is 5.92 Å². The van der Waals surface area contributed by atoms with Crippen LogP contribution < -0.4 is 5.32 Å². The fourth-order valence-electron chi connectivity index (χ4n) is 3.12. The van der Waals surface area contributed by atoms with E-state index in [2.05, 4.69) is 51.9 Å². The molecule has 1 N–H and O–H groups in total. The third-order valence-corrected chi connectivity index (χ3v) is 5.09. The van der Waals surface area contributed by atoms with E-state index in [1.807, 2.05) is 0 Å². The van der Waals surface area contributed by atoms with Crippen molar-refractivity contribution in [3.8, 4) is 0 Å². The molecular weight excluding hydrogens is 290 g/mol. The molecule has 18 heavy (non-hydrogen) atoms. The van der Waals surface area contributed by atoms with Gasteiger partial charge in [-0.2, -0.15) is 5.10 Å². The summed E-state index contributed by atoms with van der Waals surface area (Å²) in [5.41, 5.74) is 2.59. The Balaban J connectivity index is 2.19. The van der Waals surface area contributed by atoms with Crippen molar-refractivity contribution in [3.63, 3.8) is 0 Å². The van der Waals surface area contributed by atoms with Crippen molar-refractivity contribution in [2.45, 2.75) is 58.5 Å². The van der Waals surface area contributed by atoms with E-state index < -0.39 is 0 Å². The number of halogens is 1. The van der Waals surface area contributed by atoms with E-state index in [0.29, 0.717) is 6.04 Å². The molecule has 2 atom stereocenters. The van der Waals surface area contributed by atoms with Crippen molar-refractivity contribution in [3.05, 3.63) is 15.9 Å². The summed E-state index contributed by atoms with van der Waals surface area (Å²) in [5.74, 6) is 0.762. The van der Waals surface area contributed by atoms with Crippen LogP contribution in [0.5, 0.6) is 0 Å². The molecule has 0 aromatic carbocycles. The van der Waals surface area contributed by atoms with Crippen LogP contribution in [0.4, 0.5) is 0 Å². The van der Waals surface area contributed by atoms with Crippen LogP contribution in [-0.4, -0.2) is 22.9 Å². The van der Waals surface area contributed by atoms with Gasteiger partial charge in [0.05, 0.1) is 15.9 Å². The number of aromatic nitrogens is 2. The van der Waals surface area contributed by atoms with Crippen molar-refractivity contribution in [1.82, 2.24) is 15.1 Å². The summed E-state index contributed by atoms with van der Waals surface area (Å²) in [5, 5.41) is 8.16. The zero-order valence-corrected chi connectivity index (χ0v) is 13.3. The van der Waals surface area contributed by atoms with Gasteiger partial charge in [0.25, 0.3) is 0 Å².